The summed E-state index contributed by atoms with van der Waals surface area (Å²) >= 11 is 0. The zero-order chi connectivity index (χ0) is 12.7. The quantitative estimate of drug-likeness (QED) is 0.815. The highest BCUT2D eigenvalue weighted by molar-refractivity contribution is 5.80. The van der Waals surface area contributed by atoms with Gasteiger partial charge in [-0.3, -0.25) is 4.79 Å². The first-order valence-electron chi connectivity index (χ1n) is 7.69. The van der Waals surface area contributed by atoms with E-state index in [9.17, 15) is 4.79 Å². The number of hydrogen-bond acceptors (Lipinski definition) is 2. The lowest BCUT2D eigenvalue weighted by Gasteiger charge is -2.40. The predicted molar refractivity (Wildman–Crippen MR) is 71.9 cm³/mol. The number of nitrogens with zero attached hydrogens (tertiary/aromatic N) is 1. The summed E-state index contributed by atoms with van der Waals surface area (Å²) in [5.41, 5.74) is 5.87. The molecule has 2 bridgehead atoms. The van der Waals surface area contributed by atoms with Crippen molar-refractivity contribution in [1.82, 2.24) is 4.90 Å². The van der Waals surface area contributed by atoms with Gasteiger partial charge in [-0.15, -0.1) is 0 Å². The predicted octanol–water partition coefficient (Wildman–Crippen LogP) is 2.01. The van der Waals surface area contributed by atoms with Crippen LogP contribution in [-0.2, 0) is 4.79 Å². The molecule has 3 rings (SSSR count). The van der Waals surface area contributed by atoms with Crippen LogP contribution in [-0.4, -0.2) is 29.9 Å². The maximum absolute atomic E-state index is 12.7. The SMILES string of the molecule is CC1CCN(C(=O)C2CC3CCC2C3)C(CN)C1. The van der Waals surface area contributed by atoms with Crippen molar-refractivity contribution < 1.29 is 4.79 Å². The maximum Gasteiger partial charge on any atom is 0.226 e. The average molecular weight is 250 g/mol. The second-order valence-electron chi connectivity index (χ2n) is 6.83. The highest BCUT2D eigenvalue weighted by Gasteiger charge is 2.45. The summed E-state index contributed by atoms with van der Waals surface area (Å²) in [6, 6.07) is 0.306. The molecule has 1 aliphatic heterocycles. The minimum Gasteiger partial charge on any atom is -0.338 e. The highest BCUT2D eigenvalue weighted by atomic mass is 16.2. The van der Waals surface area contributed by atoms with E-state index < -0.39 is 0 Å². The molecule has 5 atom stereocenters. The Labute approximate surface area is 110 Å². The van der Waals surface area contributed by atoms with Crippen LogP contribution < -0.4 is 5.73 Å². The van der Waals surface area contributed by atoms with Gasteiger partial charge in [0.15, 0.2) is 0 Å². The molecule has 3 fully saturated rings. The largest absolute Gasteiger partial charge is 0.338 e. The fraction of sp³-hybridized carbons (Fsp3) is 0.933. The van der Waals surface area contributed by atoms with E-state index in [2.05, 4.69) is 11.8 Å². The summed E-state index contributed by atoms with van der Waals surface area (Å²) in [6.07, 6.45) is 7.39. The van der Waals surface area contributed by atoms with Crippen molar-refractivity contribution in [3.63, 3.8) is 0 Å². The van der Waals surface area contributed by atoms with E-state index in [-0.39, 0.29) is 0 Å². The van der Waals surface area contributed by atoms with Gasteiger partial charge in [-0.05, 0) is 49.9 Å². The number of amides is 1. The Balaban J connectivity index is 1.68. The molecule has 0 aromatic rings. The third-order valence-electron chi connectivity index (χ3n) is 5.59. The van der Waals surface area contributed by atoms with Crippen LogP contribution >= 0.6 is 0 Å². The molecule has 5 unspecified atom stereocenters. The molecule has 3 heteroatoms. The molecule has 0 spiro atoms. The number of fused-ring (bicyclic) bond motifs is 2. The van der Waals surface area contributed by atoms with Crippen molar-refractivity contribution in [3.8, 4) is 0 Å². The van der Waals surface area contributed by atoms with Crippen LogP contribution in [0.25, 0.3) is 0 Å². The molecule has 3 nitrogen and oxygen atoms in total. The lowest BCUT2D eigenvalue weighted by atomic mass is 9.85. The van der Waals surface area contributed by atoms with Crippen LogP contribution in [0.1, 0.15) is 45.4 Å². The van der Waals surface area contributed by atoms with Crippen LogP contribution in [0.5, 0.6) is 0 Å². The van der Waals surface area contributed by atoms with E-state index in [1.54, 1.807) is 0 Å². The smallest absolute Gasteiger partial charge is 0.226 e. The monoisotopic (exact) mass is 250 g/mol. The topological polar surface area (TPSA) is 46.3 Å². The standard InChI is InChI=1S/C15H26N2O/c1-10-4-5-17(13(6-10)9-16)15(18)14-8-11-2-3-12(14)7-11/h10-14H,2-9,16H2,1H3. The Kier molecular flexibility index (Phi) is 3.35. The average Bonchev–Trinajstić information content (AvgIpc) is 3.00. The summed E-state index contributed by atoms with van der Waals surface area (Å²) < 4.78 is 0. The van der Waals surface area contributed by atoms with Gasteiger partial charge in [0.05, 0.1) is 0 Å². The number of rotatable bonds is 2. The molecular weight excluding hydrogens is 224 g/mol. The number of hydrogen-bond donors (Lipinski definition) is 1. The first-order chi connectivity index (χ1) is 8.69. The normalized spacial score (nSPS) is 43.4. The van der Waals surface area contributed by atoms with Crippen molar-refractivity contribution in [3.05, 3.63) is 0 Å². The molecule has 18 heavy (non-hydrogen) atoms. The molecule has 2 aliphatic carbocycles. The van der Waals surface area contributed by atoms with Gasteiger partial charge in [0, 0.05) is 25.0 Å². The summed E-state index contributed by atoms with van der Waals surface area (Å²) in [5, 5.41) is 0. The van der Waals surface area contributed by atoms with Crippen molar-refractivity contribution in [2.75, 3.05) is 13.1 Å². The Morgan fingerprint density at radius 3 is 2.67 bits per heavy atom. The summed E-state index contributed by atoms with van der Waals surface area (Å²) in [7, 11) is 0. The third kappa shape index (κ3) is 2.07. The molecule has 1 saturated heterocycles. The number of likely N-dealkylation sites (tertiary alicyclic amines) is 1. The van der Waals surface area contributed by atoms with E-state index in [0.717, 1.165) is 37.6 Å². The van der Waals surface area contributed by atoms with Gasteiger partial charge in [-0.25, -0.2) is 0 Å². The summed E-state index contributed by atoms with van der Waals surface area (Å²) in [4.78, 5) is 14.9. The van der Waals surface area contributed by atoms with Crippen LogP contribution in [0.3, 0.4) is 0 Å². The van der Waals surface area contributed by atoms with Crippen molar-refractivity contribution in [2.24, 2.45) is 29.4 Å². The Morgan fingerprint density at radius 1 is 1.22 bits per heavy atom. The first kappa shape index (κ1) is 12.5. The molecule has 2 N–H and O–H groups in total. The van der Waals surface area contributed by atoms with Crippen molar-refractivity contribution >= 4 is 5.91 Å². The minimum atomic E-state index is 0.306. The molecule has 2 saturated carbocycles. The zero-order valence-corrected chi connectivity index (χ0v) is 11.5. The van der Waals surface area contributed by atoms with Crippen molar-refractivity contribution in [1.29, 1.82) is 0 Å². The molecule has 1 heterocycles. The molecule has 3 aliphatic rings. The minimum absolute atomic E-state index is 0.306. The van der Waals surface area contributed by atoms with Gasteiger partial charge in [-0.2, -0.15) is 0 Å². The molecule has 0 aromatic carbocycles. The maximum atomic E-state index is 12.7. The zero-order valence-electron chi connectivity index (χ0n) is 11.5. The van der Waals surface area contributed by atoms with Gasteiger partial charge in [-0.1, -0.05) is 13.3 Å². The van der Waals surface area contributed by atoms with Gasteiger partial charge in [0.1, 0.15) is 0 Å². The van der Waals surface area contributed by atoms with Crippen molar-refractivity contribution in [2.45, 2.75) is 51.5 Å². The Hall–Kier alpha value is -0.570. The number of carbonyl (C=O) groups is 1. The molecule has 0 aromatic heterocycles. The van der Waals surface area contributed by atoms with E-state index >= 15 is 0 Å². The van der Waals surface area contributed by atoms with Crippen LogP contribution in [0.2, 0.25) is 0 Å². The van der Waals surface area contributed by atoms with Crippen LogP contribution in [0.4, 0.5) is 0 Å². The van der Waals surface area contributed by atoms with E-state index in [1.165, 1.54) is 19.3 Å². The van der Waals surface area contributed by atoms with Gasteiger partial charge >= 0.3 is 0 Å². The van der Waals surface area contributed by atoms with E-state index in [4.69, 9.17) is 5.73 Å². The van der Waals surface area contributed by atoms with Crippen LogP contribution in [0, 0.1) is 23.7 Å². The third-order valence-corrected chi connectivity index (χ3v) is 5.59. The number of carbonyl (C=O) groups excluding carboxylic acids is 1. The van der Waals surface area contributed by atoms with E-state index in [0.29, 0.717) is 30.3 Å². The number of nitrogens with two attached hydrogens (primary N) is 1. The molecule has 1 amide bonds. The lowest BCUT2D eigenvalue weighted by molar-refractivity contribution is -0.141. The first-order valence-corrected chi connectivity index (χ1v) is 7.69. The highest BCUT2D eigenvalue weighted by Crippen LogP contribution is 2.49. The van der Waals surface area contributed by atoms with Gasteiger partial charge in [0.25, 0.3) is 0 Å². The molecule has 102 valence electrons. The Morgan fingerprint density at radius 2 is 2.06 bits per heavy atom. The van der Waals surface area contributed by atoms with Gasteiger partial charge in [0.2, 0.25) is 5.91 Å². The lowest BCUT2D eigenvalue weighted by Crippen LogP contribution is -2.51. The Bertz CT molecular complexity index is 330. The second-order valence-corrected chi connectivity index (χ2v) is 6.83. The molecular formula is C15H26N2O. The van der Waals surface area contributed by atoms with E-state index in [1.807, 2.05) is 0 Å². The summed E-state index contributed by atoms with van der Waals surface area (Å²) in [5.74, 6) is 3.04. The fourth-order valence-electron chi connectivity index (χ4n) is 4.53. The summed E-state index contributed by atoms with van der Waals surface area (Å²) in [6.45, 7) is 3.86. The second kappa shape index (κ2) is 4.84. The number of piperidine rings is 1. The van der Waals surface area contributed by atoms with Crippen LogP contribution in [0.15, 0.2) is 0 Å². The fourth-order valence-corrected chi connectivity index (χ4v) is 4.53. The molecule has 0 radical (unpaired) electrons. The van der Waals surface area contributed by atoms with Gasteiger partial charge < -0.3 is 10.6 Å².